The van der Waals surface area contributed by atoms with E-state index in [1.165, 1.54) is 11.8 Å². The van der Waals surface area contributed by atoms with Crippen LogP contribution in [0.25, 0.3) is 0 Å². The first-order valence-electron chi connectivity index (χ1n) is 7.23. The maximum absolute atomic E-state index is 12.0. The van der Waals surface area contributed by atoms with Crippen LogP contribution in [0.5, 0.6) is 0 Å². The van der Waals surface area contributed by atoms with Crippen LogP contribution in [0.15, 0.2) is 22.7 Å². The lowest BCUT2D eigenvalue weighted by molar-refractivity contribution is -0.137. The van der Waals surface area contributed by atoms with Gasteiger partial charge in [-0.2, -0.15) is 0 Å². The van der Waals surface area contributed by atoms with E-state index in [2.05, 4.69) is 17.2 Å². The van der Waals surface area contributed by atoms with Gasteiger partial charge < -0.3 is 10.1 Å². The number of allylic oxidation sites excluding steroid dienone is 1. The predicted octanol–water partition coefficient (Wildman–Crippen LogP) is 1.44. The Labute approximate surface area is 133 Å². The van der Waals surface area contributed by atoms with E-state index in [9.17, 15) is 14.4 Å². The van der Waals surface area contributed by atoms with Crippen LogP contribution in [0, 0.1) is 5.92 Å². The van der Waals surface area contributed by atoms with Crippen molar-refractivity contribution in [1.82, 2.24) is 10.6 Å². The highest BCUT2D eigenvalue weighted by Gasteiger charge is 2.29. The van der Waals surface area contributed by atoms with E-state index in [0.29, 0.717) is 17.4 Å². The van der Waals surface area contributed by atoms with Crippen molar-refractivity contribution in [1.29, 1.82) is 0 Å². The Bertz CT molecular complexity index is 526. The van der Waals surface area contributed by atoms with Gasteiger partial charge in [0.1, 0.15) is 11.1 Å². The maximum atomic E-state index is 12.0. The first-order valence-corrected chi connectivity index (χ1v) is 8.05. The molecule has 1 unspecified atom stereocenters. The summed E-state index contributed by atoms with van der Waals surface area (Å²) in [5, 5.41) is 5.48. The number of hydrogen-bond acceptors (Lipinski definition) is 5. The predicted molar refractivity (Wildman–Crippen MR) is 83.5 cm³/mol. The van der Waals surface area contributed by atoms with Crippen LogP contribution in [0.4, 0.5) is 0 Å². The molecule has 2 aliphatic rings. The molecule has 1 aliphatic carbocycles. The molecule has 3 amide bonds. The van der Waals surface area contributed by atoms with Gasteiger partial charge in [0.05, 0.1) is 7.11 Å². The molecule has 2 fully saturated rings. The van der Waals surface area contributed by atoms with Gasteiger partial charge in [-0.3, -0.25) is 19.7 Å². The Hall–Kier alpha value is -1.76. The number of amides is 3. The third-order valence-electron chi connectivity index (χ3n) is 3.50. The van der Waals surface area contributed by atoms with Crippen LogP contribution < -0.4 is 10.6 Å². The summed E-state index contributed by atoms with van der Waals surface area (Å²) in [6, 6.07) is -0.621. The zero-order valence-electron chi connectivity index (χ0n) is 12.5. The molecule has 120 valence electrons. The summed E-state index contributed by atoms with van der Waals surface area (Å²) in [5.41, 5.74) is 0. The summed E-state index contributed by atoms with van der Waals surface area (Å²) in [5.74, 6) is -0.462. The molecule has 22 heavy (non-hydrogen) atoms. The van der Waals surface area contributed by atoms with Crippen molar-refractivity contribution in [2.75, 3.05) is 7.11 Å². The first-order chi connectivity index (χ1) is 10.5. The molecule has 1 heterocycles. The Morgan fingerprint density at radius 2 is 2.18 bits per heavy atom. The molecule has 0 aromatic heterocycles. The van der Waals surface area contributed by atoms with Crippen molar-refractivity contribution in [2.24, 2.45) is 5.92 Å². The van der Waals surface area contributed by atoms with Gasteiger partial charge in [-0.15, -0.1) is 0 Å². The largest absolute Gasteiger partial charge is 0.491 e. The maximum Gasteiger partial charge on any atom is 0.249 e. The molecule has 0 bridgehead atoms. The number of imide groups is 1. The molecule has 1 saturated carbocycles. The van der Waals surface area contributed by atoms with Crippen LogP contribution in [0.1, 0.15) is 32.1 Å². The monoisotopic (exact) mass is 324 g/mol. The van der Waals surface area contributed by atoms with Gasteiger partial charge in [-0.25, -0.2) is 0 Å². The molecule has 7 heteroatoms. The lowest BCUT2D eigenvalue weighted by Crippen LogP contribution is -2.52. The fraction of sp³-hybridized carbons (Fsp3) is 0.533. The lowest BCUT2D eigenvalue weighted by atomic mass is 10.1. The molecule has 6 nitrogen and oxygen atoms in total. The van der Waals surface area contributed by atoms with E-state index in [1.54, 1.807) is 7.11 Å². The molecule has 0 aromatic rings. The molecule has 1 aliphatic heterocycles. The molecule has 1 atom stereocenters. The average molecular weight is 324 g/mol. The molecule has 2 N–H and O–H groups in total. The fourth-order valence-electron chi connectivity index (χ4n) is 2.11. The van der Waals surface area contributed by atoms with Crippen LogP contribution in [0.3, 0.4) is 0 Å². The Morgan fingerprint density at radius 3 is 2.77 bits per heavy atom. The van der Waals surface area contributed by atoms with Crippen molar-refractivity contribution in [3.63, 3.8) is 0 Å². The zero-order chi connectivity index (χ0) is 16.1. The number of carbonyl (C=O) groups is 3. The summed E-state index contributed by atoms with van der Waals surface area (Å²) in [6.45, 7) is 3.78. The number of piperidine rings is 1. The minimum absolute atomic E-state index is 0.202. The van der Waals surface area contributed by atoms with Gasteiger partial charge in [0.25, 0.3) is 0 Å². The molecule has 1 saturated heterocycles. The molecule has 0 spiro atoms. The van der Waals surface area contributed by atoms with Crippen molar-refractivity contribution in [3.05, 3.63) is 22.7 Å². The average Bonchev–Trinajstić information content (AvgIpc) is 3.30. The van der Waals surface area contributed by atoms with Crippen molar-refractivity contribution >= 4 is 29.5 Å². The Morgan fingerprint density at radius 1 is 1.45 bits per heavy atom. The summed E-state index contributed by atoms with van der Waals surface area (Å²) in [7, 11) is 1.57. The lowest BCUT2D eigenvalue weighted by Gasteiger charge is -2.21. The summed E-state index contributed by atoms with van der Waals surface area (Å²) >= 11 is 1.44. The minimum Gasteiger partial charge on any atom is -0.491 e. The van der Waals surface area contributed by atoms with Crippen LogP contribution >= 0.6 is 11.8 Å². The van der Waals surface area contributed by atoms with Gasteiger partial charge in [-0.1, -0.05) is 17.8 Å². The number of ether oxygens (including phenoxy) is 1. The number of hydrogen-bond donors (Lipinski definition) is 2. The number of carbonyl (C=O) groups excluding carboxylic acids is 3. The van der Waals surface area contributed by atoms with E-state index >= 15 is 0 Å². The summed E-state index contributed by atoms with van der Waals surface area (Å²) in [4.78, 5) is 35.7. The van der Waals surface area contributed by atoms with Crippen LogP contribution in [-0.2, 0) is 19.1 Å². The second kappa shape index (κ2) is 7.49. The second-order valence-corrected chi connectivity index (χ2v) is 6.47. The second-order valence-electron chi connectivity index (χ2n) is 5.33. The highest BCUT2D eigenvalue weighted by atomic mass is 32.2. The number of thioether (sulfide) groups is 1. The van der Waals surface area contributed by atoms with E-state index in [4.69, 9.17) is 4.74 Å². The minimum atomic E-state index is -0.621. The highest BCUT2D eigenvalue weighted by molar-refractivity contribution is 8.06. The van der Waals surface area contributed by atoms with Gasteiger partial charge in [0.15, 0.2) is 0 Å². The van der Waals surface area contributed by atoms with Gasteiger partial charge in [-0.05, 0) is 36.7 Å². The highest BCUT2D eigenvalue weighted by Crippen LogP contribution is 2.44. The molecular weight excluding hydrogens is 304 g/mol. The normalized spacial score (nSPS) is 22.0. The smallest absolute Gasteiger partial charge is 0.249 e. The van der Waals surface area contributed by atoms with Gasteiger partial charge in [0, 0.05) is 12.8 Å². The first kappa shape index (κ1) is 16.6. The number of methoxy groups -OCH3 is 1. The molecule has 2 rings (SSSR count). The van der Waals surface area contributed by atoms with Crippen LogP contribution in [-0.4, -0.2) is 30.9 Å². The molecule has 0 radical (unpaired) electrons. The Kier molecular flexibility index (Phi) is 5.65. The topological polar surface area (TPSA) is 84.5 Å². The Balaban J connectivity index is 1.85. The standard InChI is InChI=1S/C15H20N2O4S/c1-9(21-2)22-12(10-3-4-10)6-8-13(18)16-11-5-7-14(19)17-15(11)20/h6,10-11H,1,3-5,7-8H2,2H3,(H,16,18)(H,17,19,20)/b12-6-. The van der Waals surface area contributed by atoms with Gasteiger partial charge >= 0.3 is 0 Å². The molecular formula is C15H20N2O4S. The number of nitrogens with one attached hydrogen (secondary N) is 2. The third kappa shape index (κ3) is 4.91. The van der Waals surface area contributed by atoms with Gasteiger partial charge in [0.2, 0.25) is 17.7 Å². The van der Waals surface area contributed by atoms with E-state index in [-0.39, 0.29) is 24.7 Å². The van der Waals surface area contributed by atoms with Crippen molar-refractivity contribution in [2.45, 2.75) is 38.1 Å². The SMILES string of the molecule is C=C(OC)S/C(=C\CC(=O)NC1CCC(=O)NC1=O)C1CC1. The van der Waals surface area contributed by atoms with E-state index in [1.807, 2.05) is 6.08 Å². The van der Waals surface area contributed by atoms with Crippen molar-refractivity contribution in [3.8, 4) is 0 Å². The van der Waals surface area contributed by atoms with E-state index < -0.39 is 11.9 Å². The summed E-state index contributed by atoms with van der Waals surface area (Å²) < 4.78 is 5.05. The van der Waals surface area contributed by atoms with Crippen LogP contribution in [0.2, 0.25) is 0 Å². The number of rotatable bonds is 7. The molecule has 0 aromatic carbocycles. The van der Waals surface area contributed by atoms with Crippen molar-refractivity contribution < 1.29 is 19.1 Å². The zero-order valence-corrected chi connectivity index (χ0v) is 13.3. The quantitative estimate of drug-likeness (QED) is 0.547. The fourth-order valence-corrected chi connectivity index (χ4v) is 3.03. The summed E-state index contributed by atoms with van der Waals surface area (Å²) in [6.07, 6.45) is 4.91. The van der Waals surface area contributed by atoms with E-state index in [0.717, 1.165) is 17.7 Å². The third-order valence-corrected chi connectivity index (χ3v) is 4.63.